The third-order valence-electron chi connectivity index (χ3n) is 2.43. The van der Waals surface area contributed by atoms with Gasteiger partial charge in [0, 0.05) is 5.56 Å². The lowest BCUT2D eigenvalue weighted by Gasteiger charge is -2.06. The highest BCUT2D eigenvalue weighted by Crippen LogP contribution is 2.15. The van der Waals surface area contributed by atoms with Crippen molar-refractivity contribution < 1.29 is 18.4 Å². The number of rotatable bonds is 2. The van der Waals surface area contributed by atoms with Crippen LogP contribution in [0, 0.1) is 11.6 Å². The van der Waals surface area contributed by atoms with Gasteiger partial charge >= 0.3 is 0 Å². The molecule has 1 N–H and O–H groups in total. The molecule has 8 heteroatoms. The molecule has 0 spiro atoms. The molecule has 0 radical (unpaired) electrons. The fourth-order valence-electron chi connectivity index (χ4n) is 1.51. The maximum atomic E-state index is 13.4. The van der Waals surface area contributed by atoms with Crippen LogP contribution < -0.4 is 5.32 Å². The Kier molecular flexibility index (Phi) is 4.50. The van der Waals surface area contributed by atoms with E-state index >= 15 is 0 Å². The first-order valence-electron chi connectivity index (χ1n) is 5.50. The van der Waals surface area contributed by atoms with Crippen LogP contribution in [0.4, 0.5) is 8.78 Å². The van der Waals surface area contributed by atoms with Gasteiger partial charge in [-0.05, 0) is 30.3 Å². The van der Waals surface area contributed by atoms with Gasteiger partial charge in [-0.3, -0.25) is 14.9 Å². The van der Waals surface area contributed by atoms with Crippen molar-refractivity contribution in [1.29, 1.82) is 0 Å². The molecule has 0 atom stereocenters. The molecule has 108 valence electrons. The quantitative estimate of drug-likeness (QED) is 0.679. The Labute approximate surface area is 127 Å². The molecule has 1 aromatic heterocycles. The number of carbonyl (C=O) groups excluding carboxylic acids is 2. The van der Waals surface area contributed by atoms with E-state index in [0.29, 0.717) is 6.07 Å². The van der Waals surface area contributed by atoms with Crippen LogP contribution in [0.25, 0.3) is 0 Å². The van der Waals surface area contributed by atoms with Crippen LogP contribution in [0.15, 0.2) is 30.3 Å². The topological polar surface area (TPSA) is 59.1 Å². The van der Waals surface area contributed by atoms with Gasteiger partial charge in [0.1, 0.15) is 21.9 Å². The summed E-state index contributed by atoms with van der Waals surface area (Å²) in [6.07, 6.45) is 0. The minimum absolute atomic E-state index is 0.0369. The van der Waals surface area contributed by atoms with Gasteiger partial charge in [0.2, 0.25) is 0 Å². The van der Waals surface area contributed by atoms with E-state index in [4.69, 9.17) is 23.2 Å². The molecule has 2 amide bonds. The zero-order valence-electron chi connectivity index (χ0n) is 10.2. The number of hydrogen-bond acceptors (Lipinski definition) is 3. The van der Waals surface area contributed by atoms with E-state index in [2.05, 4.69) is 4.98 Å². The van der Waals surface area contributed by atoms with Crippen LogP contribution in [0.1, 0.15) is 20.7 Å². The molecular formula is C13H6Cl2F2N2O2. The molecule has 0 saturated heterocycles. The average molecular weight is 331 g/mol. The lowest BCUT2D eigenvalue weighted by Crippen LogP contribution is -2.31. The van der Waals surface area contributed by atoms with Gasteiger partial charge < -0.3 is 0 Å². The number of imide groups is 1. The third kappa shape index (κ3) is 3.74. The minimum Gasteiger partial charge on any atom is -0.288 e. The van der Waals surface area contributed by atoms with E-state index in [9.17, 15) is 18.4 Å². The summed E-state index contributed by atoms with van der Waals surface area (Å²) in [6.45, 7) is 0. The van der Waals surface area contributed by atoms with Crippen molar-refractivity contribution in [2.75, 3.05) is 0 Å². The van der Waals surface area contributed by atoms with E-state index in [1.807, 2.05) is 5.32 Å². The summed E-state index contributed by atoms with van der Waals surface area (Å²) in [5.74, 6) is -3.70. The van der Waals surface area contributed by atoms with E-state index in [0.717, 1.165) is 12.1 Å². The van der Waals surface area contributed by atoms with Crippen LogP contribution in [-0.2, 0) is 0 Å². The molecule has 4 nitrogen and oxygen atoms in total. The highest BCUT2D eigenvalue weighted by molar-refractivity contribution is 6.33. The number of benzene rings is 1. The van der Waals surface area contributed by atoms with Crippen molar-refractivity contribution in [3.8, 4) is 0 Å². The normalized spacial score (nSPS) is 10.3. The van der Waals surface area contributed by atoms with Crippen molar-refractivity contribution >= 4 is 35.0 Å². The Morgan fingerprint density at radius 3 is 2.24 bits per heavy atom. The number of carbonyl (C=O) groups is 2. The lowest BCUT2D eigenvalue weighted by atomic mass is 10.2. The van der Waals surface area contributed by atoms with Crippen LogP contribution in [0.5, 0.6) is 0 Å². The summed E-state index contributed by atoms with van der Waals surface area (Å²) in [4.78, 5) is 27.2. The van der Waals surface area contributed by atoms with Gasteiger partial charge in [-0.25, -0.2) is 13.8 Å². The van der Waals surface area contributed by atoms with Crippen molar-refractivity contribution in [1.82, 2.24) is 10.3 Å². The molecule has 1 aromatic carbocycles. The molecule has 0 aliphatic heterocycles. The molecule has 0 aliphatic carbocycles. The molecule has 2 rings (SSSR count). The first-order valence-corrected chi connectivity index (χ1v) is 6.26. The molecule has 21 heavy (non-hydrogen) atoms. The highest BCUT2D eigenvalue weighted by Gasteiger charge is 2.17. The standard InChI is InChI=1S/C13H6Cl2F2N2O2/c14-10-3-6(4-11(15)18-10)12(20)19-13(21)8-5-7(16)1-2-9(8)17/h1-5H,(H,19,20,21). The van der Waals surface area contributed by atoms with Gasteiger partial charge in [0.05, 0.1) is 5.56 Å². The van der Waals surface area contributed by atoms with Crippen LogP contribution in [0.2, 0.25) is 10.3 Å². The summed E-state index contributed by atoms with van der Waals surface area (Å²) in [5.41, 5.74) is -0.625. The Morgan fingerprint density at radius 1 is 1.00 bits per heavy atom. The predicted molar refractivity (Wildman–Crippen MR) is 72.4 cm³/mol. The summed E-state index contributed by atoms with van der Waals surface area (Å²) < 4.78 is 26.4. The largest absolute Gasteiger partial charge is 0.288 e. The minimum atomic E-state index is -1.08. The Balaban J connectivity index is 2.23. The Hall–Kier alpha value is -2.05. The van der Waals surface area contributed by atoms with Gasteiger partial charge in [-0.2, -0.15) is 0 Å². The summed E-state index contributed by atoms with van der Waals surface area (Å²) in [5, 5.41) is 1.82. The number of amides is 2. The predicted octanol–water partition coefficient (Wildman–Crippen LogP) is 3.24. The van der Waals surface area contributed by atoms with Crippen LogP contribution in [-0.4, -0.2) is 16.8 Å². The number of nitrogens with zero attached hydrogens (tertiary/aromatic N) is 1. The molecular weight excluding hydrogens is 325 g/mol. The van der Waals surface area contributed by atoms with Crippen molar-refractivity contribution in [2.24, 2.45) is 0 Å². The van der Waals surface area contributed by atoms with Crippen LogP contribution in [0.3, 0.4) is 0 Å². The zero-order valence-corrected chi connectivity index (χ0v) is 11.7. The molecule has 0 fully saturated rings. The molecule has 0 aliphatic rings. The second kappa shape index (κ2) is 6.15. The second-order valence-corrected chi connectivity index (χ2v) is 4.68. The van der Waals surface area contributed by atoms with Gasteiger partial charge in [-0.15, -0.1) is 0 Å². The van der Waals surface area contributed by atoms with Crippen molar-refractivity contribution in [2.45, 2.75) is 0 Å². The van der Waals surface area contributed by atoms with E-state index < -0.39 is 29.0 Å². The second-order valence-electron chi connectivity index (χ2n) is 3.91. The fraction of sp³-hybridized carbons (Fsp3) is 0. The number of halogens is 4. The van der Waals surface area contributed by atoms with Gasteiger partial charge in [0.25, 0.3) is 11.8 Å². The first-order chi connectivity index (χ1) is 9.86. The third-order valence-corrected chi connectivity index (χ3v) is 2.81. The van der Waals surface area contributed by atoms with E-state index in [1.54, 1.807) is 0 Å². The molecule has 1 heterocycles. The van der Waals surface area contributed by atoms with Crippen molar-refractivity contribution in [3.63, 3.8) is 0 Å². The maximum Gasteiger partial charge on any atom is 0.261 e. The van der Waals surface area contributed by atoms with Crippen LogP contribution >= 0.6 is 23.2 Å². The maximum absolute atomic E-state index is 13.4. The van der Waals surface area contributed by atoms with E-state index in [-0.39, 0.29) is 15.9 Å². The summed E-state index contributed by atoms with van der Waals surface area (Å²) in [6, 6.07) is 4.69. The number of nitrogens with one attached hydrogen (secondary N) is 1. The highest BCUT2D eigenvalue weighted by atomic mass is 35.5. The average Bonchev–Trinajstić information content (AvgIpc) is 2.40. The smallest absolute Gasteiger partial charge is 0.261 e. The molecule has 0 bridgehead atoms. The number of aromatic nitrogens is 1. The summed E-state index contributed by atoms with van der Waals surface area (Å²) >= 11 is 11.2. The molecule has 0 saturated carbocycles. The Morgan fingerprint density at radius 2 is 1.62 bits per heavy atom. The fourth-order valence-corrected chi connectivity index (χ4v) is 1.97. The lowest BCUT2D eigenvalue weighted by molar-refractivity contribution is 0.0846. The first kappa shape index (κ1) is 15.3. The number of pyridine rings is 1. The van der Waals surface area contributed by atoms with Gasteiger partial charge in [-0.1, -0.05) is 23.2 Å². The van der Waals surface area contributed by atoms with Gasteiger partial charge in [0.15, 0.2) is 0 Å². The SMILES string of the molecule is O=C(NC(=O)c1cc(F)ccc1F)c1cc(Cl)nc(Cl)c1. The monoisotopic (exact) mass is 330 g/mol. The Bertz CT molecular complexity index is 718. The van der Waals surface area contributed by atoms with Crippen molar-refractivity contribution in [3.05, 3.63) is 63.4 Å². The zero-order chi connectivity index (χ0) is 15.6. The molecule has 2 aromatic rings. The van der Waals surface area contributed by atoms with E-state index in [1.165, 1.54) is 12.1 Å². The molecule has 0 unspecified atom stereocenters. The summed E-state index contributed by atoms with van der Waals surface area (Å²) in [7, 11) is 0. The number of hydrogen-bond donors (Lipinski definition) is 1.